The molecule has 0 bridgehead atoms. The quantitative estimate of drug-likeness (QED) is 0.468. The summed E-state index contributed by atoms with van der Waals surface area (Å²) < 4.78 is 0. The van der Waals surface area contributed by atoms with Gasteiger partial charge in [0.25, 0.3) is 0 Å². The van der Waals surface area contributed by atoms with Crippen LogP contribution in [-0.2, 0) is 0 Å². The van der Waals surface area contributed by atoms with Crippen LogP contribution >= 0.6 is 0 Å². The average molecular weight is 216 g/mol. The van der Waals surface area contributed by atoms with Crippen LogP contribution in [0.2, 0.25) is 0 Å². The van der Waals surface area contributed by atoms with Crippen molar-refractivity contribution < 1.29 is 0 Å². The van der Waals surface area contributed by atoms with Crippen molar-refractivity contribution in [3.05, 3.63) is 23.8 Å². The lowest BCUT2D eigenvalue weighted by molar-refractivity contribution is 0.123. The Morgan fingerprint density at radius 3 is 2.69 bits per heavy atom. The molecule has 1 fully saturated rings. The number of hydrogen-bond acceptors (Lipinski definition) is 0. The molecule has 1 aliphatic carbocycles. The Bertz CT molecular complexity index is 322. The highest BCUT2D eigenvalue weighted by Gasteiger charge is 2.34. The summed E-state index contributed by atoms with van der Waals surface area (Å²) in [5.41, 5.74) is 1.61. The number of terminal acetylenes is 1. The molecule has 0 aliphatic heterocycles. The first-order valence-corrected chi connectivity index (χ1v) is 6.28. The summed E-state index contributed by atoms with van der Waals surface area (Å²) in [6, 6.07) is 0. The van der Waals surface area contributed by atoms with Crippen molar-refractivity contribution in [2.75, 3.05) is 0 Å². The minimum Gasteiger partial charge on any atom is -0.115 e. The highest BCUT2D eigenvalue weighted by molar-refractivity contribution is 5.25. The Labute approximate surface area is 101 Å². The molecule has 0 heteroatoms. The van der Waals surface area contributed by atoms with Gasteiger partial charge in [0.15, 0.2) is 0 Å². The Morgan fingerprint density at radius 1 is 1.44 bits per heavy atom. The molecule has 0 saturated heterocycles. The highest BCUT2D eigenvalue weighted by Crippen LogP contribution is 2.44. The topological polar surface area (TPSA) is 0 Å². The van der Waals surface area contributed by atoms with Gasteiger partial charge in [0.05, 0.1) is 0 Å². The van der Waals surface area contributed by atoms with Crippen molar-refractivity contribution in [1.29, 1.82) is 0 Å². The van der Waals surface area contributed by atoms with Gasteiger partial charge in [-0.3, -0.25) is 0 Å². The molecule has 0 aromatic carbocycles. The number of allylic oxidation sites excluding steroid dienone is 4. The maximum Gasteiger partial charge on any atom is -0.00924 e. The Kier molecular flexibility index (Phi) is 4.42. The summed E-state index contributed by atoms with van der Waals surface area (Å²) in [6.45, 7) is 9.21. The number of hydrogen-bond donors (Lipinski definition) is 0. The molecule has 0 amide bonds. The third-order valence-electron chi connectivity index (χ3n) is 3.87. The van der Waals surface area contributed by atoms with Gasteiger partial charge in [0.1, 0.15) is 0 Å². The van der Waals surface area contributed by atoms with Crippen LogP contribution < -0.4 is 0 Å². The first kappa shape index (κ1) is 13.1. The summed E-state index contributed by atoms with van der Waals surface area (Å²) in [6.07, 6.45) is 15.7. The van der Waals surface area contributed by atoms with E-state index in [1.165, 1.54) is 24.8 Å². The van der Waals surface area contributed by atoms with Crippen LogP contribution in [0.1, 0.15) is 47.0 Å². The summed E-state index contributed by atoms with van der Waals surface area (Å²) in [5.74, 6) is 4.05. The van der Waals surface area contributed by atoms with Crippen molar-refractivity contribution >= 4 is 0 Å². The van der Waals surface area contributed by atoms with Gasteiger partial charge in [0, 0.05) is 0 Å². The van der Waals surface area contributed by atoms with Crippen molar-refractivity contribution in [3.8, 4) is 12.3 Å². The van der Waals surface area contributed by atoms with Crippen molar-refractivity contribution in [1.82, 2.24) is 0 Å². The summed E-state index contributed by atoms with van der Waals surface area (Å²) >= 11 is 0. The zero-order chi connectivity index (χ0) is 12.2. The summed E-state index contributed by atoms with van der Waals surface area (Å²) in [5, 5.41) is 0. The smallest absolute Gasteiger partial charge is 0.00924 e. The van der Waals surface area contributed by atoms with Gasteiger partial charge in [-0.1, -0.05) is 51.7 Å². The van der Waals surface area contributed by atoms with E-state index in [0.29, 0.717) is 11.3 Å². The molecule has 0 aromatic heterocycles. The molecule has 2 atom stereocenters. The predicted octanol–water partition coefficient (Wildman–Crippen LogP) is 4.58. The lowest BCUT2D eigenvalue weighted by atomic mass is 9.64. The molecule has 0 heterocycles. The molecule has 1 saturated carbocycles. The molecular weight excluding hydrogens is 192 g/mol. The molecule has 0 nitrogen and oxygen atoms in total. The van der Waals surface area contributed by atoms with Gasteiger partial charge in [-0.15, -0.1) is 6.42 Å². The zero-order valence-corrected chi connectivity index (χ0v) is 11.1. The van der Waals surface area contributed by atoms with E-state index in [1.54, 1.807) is 0 Å². The van der Waals surface area contributed by atoms with E-state index in [-0.39, 0.29) is 0 Å². The SMILES string of the molecule is C#C/C=C(C)/C=C/[C@@H]1[C@@H](C)CCCC1(C)C. The Morgan fingerprint density at radius 2 is 2.12 bits per heavy atom. The largest absolute Gasteiger partial charge is 0.115 e. The first-order valence-electron chi connectivity index (χ1n) is 6.28. The predicted molar refractivity (Wildman–Crippen MR) is 72.0 cm³/mol. The van der Waals surface area contributed by atoms with Crippen LogP contribution in [0.4, 0.5) is 0 Å². The van der Waals surface area contributed by atoms with Crippen LogP contribution in [0.3, 0.4) is 0 Å². The van der Waals surface area contributed by atoms with Gasteiger partial charge in [-0.25, -0.2) is 0 Å². The highest BCUT2D eigenvalue weighted by atomic mass is 14.4. The monoisotopic (exact) mass is 216 g/mol. The van der Waals surface area contributed by atoms with Gasteiger partial charge in [-0.05, 0) is 42.2 Å². The van der Waals surface area contributed by atoms with E-state index in [4.69, 9.17) is 6.42 Å². The van der Waals surface area contributed by atoms with Crippen molar-refractivity contribution in [2.24, 2.45) is 17.3 Å². The van der Waals surface area contributed by atoms with Gasteiger partial charge >= 0.3 is 0 Å². The molecule has 0 unspecified atom stereocenters. The second kappa shape index (κ2) is 5.39. The van der Waals surface area contributed by atoms with E-state index in [2.05, 4.69) is 45.8 Å². The van der Waals surface area contributed by atoms with Crippen LogP contribution in [0, 0.1) is 29.6 Å². The van der Waals surface area contributed by atoms with E-state index < -0.39 is 0 Å². The normalized spacial score (nSPS) is 30.3. The molecule has 1 rings (SSSR count). The van der Waals surface area contributed by atoms with Crippen LogP contribution in [0.25, 0.3) is 0 Å². The fourth-order valence-electron chi connectivity index (χ4n) is 2.88. The third-order valence-corrected chi connectivity index (χ3v) is 3.87. The second-order valence-electron chi connectivity index (χ2n) is 5.80. The van der Waals surface area contributed by atoms with Gasteiger partial charge < -0.3 is 0 Å². The summed E-state index contributed by atoms with van der Waals surface area (Å²) in [7, 11) is 0. The van der Waals surface area contributed by atoms with Crippen LogP contribution in [-0.4, -0.2) is 0 Å². The van der Waals surface area contributed by atoms with Gasteiger partial charge in [-0.2, -0.15) is 0 Å². The van der Waals surface area contributed by atoms with E-state index in [0.717, 1.165) is 5.92 Å². The minimum atomic E-state index is 0.435. The molecule has 0 radical (unpaired) electrons. The zero-order valence-electron chi connectivity index (χ0n) is 11.1. The lowest BCUT2D eigenvalue weighted by Crippen LogP contribution is -2.32. The van der Waals surface area contributed by atoms with Crippen LogP contribution in [0.15, 0.2) is 23.8 Å². The molecule has 88 valence electrons. The first-order chi connectivity index (χ1) is 7.47. The van der Waals surface area contributed by atoms with Crippen LogP contribution in [0.5, 0.6) is 0 Å². The fourth-order valence-corrected chi connectivity index (χ4v) is 2.88. The third kappa shape index (κ3) is 3.27. The fraction of sp³-hybridized carbons (Fsp3) is 0.625. The Balaban J connectivity index is 2.77. The van der Waals surface area contributed by atoms with E-state index in [9.17, 15) is 0 Å². The minimum absolute atomic E-state index is 0.435. The van der Waals surface area contributed by atoms with E-state index >= 15 is 0 Å². The molecule has 0 spiro atoms. The molecule has 16 heavy (non-hydrogen) atoms. The Hall–Kier alpha value is -0.960. The maximum atomic E-state index is 5.26. The second-order valence-corrected chi connectivity index (χ2v) is 5.80. The van der Waals surface area contributed by atoms with Gasteiger partial charge in [0.2, 0.25) is 0 Å². The number of rotatable bonds is 2. The van der Waals surface area contributed by atoms with Crippen molar-refractivity contribution in [2.45, 2.75) is 47.0 Å². The molecular formula is C16H24. The maximum absolute atomic E-state index is 5.26. The molecule has 0 aromatic rings. The average Bonchev–Trinajstić information content (AvgIpc) is 2.16. The van der Waals surface area contributed by atoms with E-state index in [1.807, 2.05) is 6.08 Å². The van der Waals surface area contributed by atoms with Crippen molar-refractivity contribution in [3.63, 3.8) is 0 Å². The molecule has 1 aliphatic rings. The standard InChI is InChI=1S/C16H24/c1-6-8-13(2)10-11-15-14(3)9-7-12-16(15,4)5/h1,8,10-11,14-15H,7,9,12H2,2-5H3/b11-10+,13-8+/t14-,15+/m0/s1. The molecule has 0 N–H and O–H groups in total. The lowest BCUT2D eigenvalue weighted by Gasteiger charge is -2.41. The summed E-state index contributed by atoms with van der Waals surface area (Å²) in [4.78, 5) is 0.